The molecule has 0 saturated carbocycles. The molecule has 2 aromatic heterocycles. The molecule has 0 bridgehead atoms. The average molecular weight is 233 g/mol. The first-order valence-corrected chi connectivity index (χ1v) is 5.85. The summed E-state index contributed by atoms with van der Waals surface area (Å²) in [5.74, 6) is 0. The highest BCUT2D eigenvalue weighted by atomic mass is 15.3. The summed E-state index contributed by atoms with van der Waals surface area (Å²) in [4.78, 5) is 0. The number of hydrogen-bond donors (Lipinski definition) is 1. The van der Waals surface area contributed by atoms with E-state index in [1.54, 1.807) is 0 Å². The Kier molecular flexibility index (Phi) is 3.28. The first-order valence-electron chi connectivity index (χ1n) is 5.85. The van der Waals surface area contributed by atoms with Crippen LogP contribution < -0.4 is 5.32 Å². The second-order valence-electron chi connectivity index (χ2n) is 4.16. The summed E-state index contributed by atoms with van der Waals surface area (Å²) in [6.07, 6.45) is 4.83. The molecule has 1 unspecified atom stereocenters. The number of nitrogens with zero attached hydrogens (tertiary/aromatic N) is 4. The van der Waals surface area contributed by atoms with Gasteiger partial charge in [-0.05, 0) is 19.5 Å². The Morgan fingerprint density at radius 2 is 2.18 bits per heavy atom. The number of nitrogens with one attached hydrogen (secondary N) is 1. The zero-order valence-corrected chi connectivity index (χ0v) is 10.8. The average Bonchev–Trinajstić information content (AvgIpc) is 2.88. The molecule has 2 rings (SSSR count). The van der Waals surface area contributed by atoms with Gasteiger partial charge in [-0.25, -0.2) is 0 Å². The summed E-state index contributed by atoms with van der Waals surface area (Å²) in [6, 6.07) is 2.18. The molecule has 0 saturated heterocycles. The Morgan fingerprint density at radius 1 is 1.41 bits per heavy atom. The van der Waals surface area contributed by atoms with Crippen molar-refractivity contribution in [1.29, 1.82) is 0 Å². The minimum absolute atomic E-state index is 0.145. The first kappa shape index (κ1) is 11.9. The minimum Gasteiger partial charge on any atom is -0.308 e. The SMILES string of the molecule is CCc1nn(C)cc1C(NC)c1ccnn1C. The zero-order valence-electron chi connectivity index (χ0n) is 10.8. The van der Waals surface area contributed by atoms with Gasteiger partial charge in [-0.3, -0.25) is 9.36 Å². The highest BCUT2D eigenvalue weighted by Gasteiger charge is 2.20. The van der Waals surface area contributed by atoms with Crippen molar-refractivity contribution in [3.8, 4) is 0 Å². The molecule has 0 radical (unpaired) electrons. The van der Waals surface area contributed by atoms with Crippen molar-refractivity contribution >= 4 is 0 Å². The maximum absolute atomic E-state index is 4.48. The number of hydrogen-bond acceptors (Lipinski definition) is 3. The Hall–Kier alpha value is -1.62. The molecule has 0 amide bonds. The minimum atomic E-state index is 0.145. The summed E-state index contributed by atoms with van der Waals surface area (Å²) in [5, 5.41) is 12.0. The summed E-state index contributed by atoms with van der Waals surface area (Å²) in [6.45, 7) is 2.13. The molecule has 1 atom stereocenters. The summed E-state index contributed by atoms with van der Waals surface area (Å²) in [7, 11) is 5.88. The molecule has 92 valence electrons. The van der Waals surface area contributed by atoms with Crippen molar-refractivity contribution in [3.63, 3.8) is 0 Å². The summed E-state index contributed by atoms with van der Waals surface area (Å²) in [5.41, 5.74) is 3.50. The molecular weight excluding hydrogens is 214 g/mol. The lowest BCUT2D eigenvalue weighted by molar-refractivity contribution is 0.602. The van der Waals surface area contributed by atoms with Gasteiger partial charge < -0.3 is 5.32 Å². The standard InChI is InChI=1S/C12H19N5/c1-5-10-9(8-16(3)15-10)12(13-2)11-6-7-14-17(11)4/h6-8,12-13H,5H2,1-4H3. The van der Waals surface area contributed by atoms with Crippen LogP contribution in [0.3, 0.4) is 0 Å². The van der Waals surface area contributed by atoms with Crippen LogP contribution in [-0.2, 0) is 20.5 Å². The fourth-order valence-electron chi connectivity index (χ4n) is 2.20. The Morgan fingerprint density at radius 3 is 2.71 bits per heavy atom. The van der Waals surface area contributed by atoms with Crippen LogP contribution in [0.25, 0.3) is 0 Å². The van der Waals surface area contributed by atoms with Gasteiger partial charge in [0.25, 0.3) is 0 Å². The normalized spacial score (nSPS) is 12.9. The zero-order chi connectivity index (χ0) is 12.4. The van der Waals surface area contributed by atoms with Crippen molar-refractivity contribution < 1.29 is 0 Å². The van der Waals surface area contributed by atoms with Crippen molar-refractivity contribution in [2.24, 2.45) is 14.1 Å². The smallest absolute Gasteiger partial charge is 0.0779 e. The number of rotatable bonds is 4. The molecule has 0 spiro atoms. The predicted octanol–water partition coefficient (Wildman–Crippen LogP) is 1.02. The summed E-state index contributed by atoms with van der Waals surface area (Å²) < 4.78 is 3.77. The fraction of sp³-hybridized carbons (Fsp3) is 0.500. The number of aryl methyl sites for hydroxylation is 3. The van der Waals surface area contributed by atoms with Crippen molar-refractivity contribution in [3.05, 3.63) is 35.4 Å². The van der Waals surface area contributed by atoms with Crippen LogP contribution in [0.15, 0.2) is 18.5 Å². The van der Waals surface area contributed by atoms with Crippen LogP contribution in [0.1, 0.15) is 29.9 Å². The van der Waals surface area contributed by atoms with Crippen LogP contribution in [0.2, 0.25) is 0 Å². The monoisotopic (exact) mass is 233 g/mol. The van der Waals surface area contributed by atoms with E-state index in [1.807, 2.05) is 42.8 Å². The van der Waals surface area contributed by atoms with E-state index in [0.29, 0.717) is 0 Å². The van der Waals surface area contributed by atoms with Crippen molar-refractivity contribution in [1.82, 2.24) is 24.9 Å². The second kappa shape index (κ2) is 4.71. The third kappa shape index (κ3) is 2.10. The van der Waals surface area contributed by atoms with E-state index in [1.165, 1.54) is 5.56 Å². The fourth-order valence-corrected chi connectivity index (χ4v) is 2.20. The Bertz CT molecular complexity index is 497. The van der Waals surface area contributed by atoms with E-state index < -0.39 is 0 Å². The van der Waals surface area contributed by atoms with Crippen LogP contribution in [0, 0.1) is 0 Å². The lowest BCUT2D eigenvalue weighted by atomic mass is 10.0. The molecule has 0 aliphatic heterocycles. The molecule has 0 aliphatic carbocycles. The molecule has 5 nitrogen and oxygen atoms in total. The van der Waals surface area contributed by atoms with Crippen LogP contribution in [-0.4, -0.2) is 26.6 Å². The van der Waals surface area contributed by atoms with Gasteiger partial charge in [-0.1, -0.05) is 6.92 Å². The Labute approximate surface area is 101 Å². The van der Waals surface area contributed by atoms with E-state index >= 15 is 0 Å². The lowest BCUT2D eigenvalue weighted by Gasteiger charge is -2.16. The maximum Gasteiger partial charge on any atom is 0.0779 e. The van der Waals surface area contributed by atoms with E-state index in [4.69, 9.17) is 0 Å². The van der Waals surface area contributed by atoms with Crippen molar-refractivity contribution in [2.75, 3.05) is 7.05 Å². The second-order valence-corrected chi connectivity index (χ2v) is 4.16. The van der Waals surface area contributed by atoms with Gasteiger partial charge in [0.2, 0.25) is 0 Å². The summed E-state index contributed by atoms with van der Waals surface area (Å²) >= 11 is 0. The van der Waals surface area contributed by atoms with Gasteiger partial charge in [0.05, 0.1) is 17.4 Å². The molecule has 2 aromatic rings. The maximum atomic E-state index is 4.48. The van der Waals surface area contributed by atoms with Gasteiger partial charge in [0, 0.05) is 32.1 Å². The molecule has 0 aromatic carbocycles. The molecule has 17 heavy (non-hydrogen) atoms. The lowest BCUT2D eigenvalue weighted by Crippen LogP contribution is -2.21. The van der Waals surface area contributed by atoms with Gasteiger partial charge in [0.1, 0.15) is 0 Å². The van der Waals surface area contributed by atoms with Crippen LogP contribution in [0.4, 0.5) is 0 Å². The highest BCUT2D eigenvalue weighted by Crippen LogP contribution is 2.23. The van der Waals surface area contributed by atoms with Gasteiger partial charge in [-0.15, -0.1) is 0 Å². The van der Waals surface area contributed by atoms with Crippen LogP contribution in [0.5, 0.6) is 0 Å². The molecule has 0 fully saturated rings. The Balaban J connectivity index is 2.45. The molecule has 5 heteroatoms. The first-order chi connectivity index (χ1) is 8.17. The van der Waals surface area contributed by atoms with E-state index in [-0.39, 0.29) is 6.04 Å². The van der Waals surface area contributed by atoms with Gasteiger partial charge >= 0.3 is 0 Å². The van der Waals surface area contributed by atoms with E-state index in [2.05, 4.69) is 28.6 Å². The van der Waals surface area contributed by atoms with Crippen LogP contribution >= 0.6 is 0 Å². The largest absolute Gasteiger partial charge is 0.308 e. The third-order valence-corrected chi connectivity index (χ3v) is 3.03. The topological polar surface area (TPSA) is 47.7 Å². The molecular formula is C12H19N5. The number of aromatic nitrogens is 4. The molecule has 0 aliphatic rings. The van der Waals surface area contributed by atoms with E-state index in [9.17, 15) is 0 Å². The highest BCUT2D eigenvalue weighted by molar-refractivity contribution is 5.29. The van der Waals surface area contributed by atoms with E-state index in [0.717, 1.165) is 17.8 Å². The molecule has 1 N–H and O–H groups in total. The van der Waals surface area contributed by atoms with Gasteiger partial charge in [-0.2, -0.15) is 10.2 Å². The molecule has 2 heterocycles. The third-order valence-electron chi connectivity index (χ3n) is 3.03. The quantitative estimate of drug-likeness (QED) is 0.858. The van der Waals surface area contributed by atoms with Crippen molar-refractivity contribution in [2.45, 2.75) is 19.4 Å². The predicted molar refractivity (Wildman–Crippen MR) is 66.7 cm³/mol. The van der Waals surface area contributed by atoms with Gasteiger partial charge in [0.15, 0.2) is 0 Å².